The smallest absolute Gasteiger partial charge is 0.251 e. The van der Waals surface area contributed by atoms with Gasteiger partial charge in [-0.25, -0.2) is 22.8 Å². The number of nitrogens with zero attached hydrogens (tertiary/aromatic N) is 3. The van der Waals surface area contributed by atoms with Crippen molar-refractivity contribution in [2.24, 2.45) is 0 Å². The molecule has 0 aliphatic carbocycles. The largest absolute Gasteiger partial charge is 0.348 e. The van der Waals surface area contributed by atoms with Gasteiger partial charge in [-0.15, -0.1) is 0 Å². The lowest BCUT2D eigenvalue weighted by atomic mass is 10.1. The first-order chi connectivity index (χ1) is 13.8. The Morgan fingerprint density at radius 1 is 1.03 bits per heavy atom. The molecule has 9 heteroatoms. The summed E-state index contributed by atoms with van der Waals surface area (Å²) in [6.07, 6.45) is 3.15. The van der Waals surface area contributed by atoms with Crippen LogP contribution < -0.4 is 10.0 Å². The van der Waals surface area contributed by atoms with E-state index >= 15 is 0 Å². The first-order valence-electron chi connectivity index (χ1n) is 9.14. The normalized spacial score (nSPS) is 11.6. The highest BCUT2D eigenvalue weighted by Crippen LogP contribution is 2.12. The zero-order chi connectivity index (χ0) is 20.9. The number of benzene rings is 2. The number of hydrogen-bond donors (Lipinski definition) is 2. The van der Waals surface area contributed by atoms with Crippen molar-refractivity contribution < 1.29 is 13.2 Å². The molecule has 0 spiro atoms. The zero-order valence-corrected chi connectivity index (χ0v) is 17.1. The Hall–Kier alpha value is -3.04. The van der Waals surface area contributed by atoms with E-state index < -0.39 is 10.0 Å². The Morgan fingerprint density at radius 3 is 2.28 bits per heavy atom. The molecular weight excluding hydrogens is 390 g/mol. The minimum atomic E-state index is -3.57. The number of rotatable bonds is 8. The summed E-state index contributed by atoms with van der Waals surface area (Å²) < 4.78 is 28.5. The maximum atomic E-state index is 12.3. The first-order valence-corrected chi connectivity index (χ1v) is 10.6. The average Bonchev–Trinajstić information content (AvgIpc) is 3.19. The van der Waals surface area contributed by atoms with Crippen LogP contribution in [0.4, 0.5) is 0 Å². The van der Waals surface area contributed by atoms with Gasteiger partial charge >= 0.3 is 0 Å². The highest BCUT2D eigenvalue weighted by molar-refractivity contribution is 7.89. The van der Waals surface area contributed by atoms with Gasteiger partial charge in [-0.1, -0.05) is 24.3 Å². The molecule has 1 amide bonds. The number of sulfonamides is 1. The summed E-state index contributed by atoms with van der Waals surface area (Å²) in [7, 11) is -3.57. The van der Waals surface area contributed by atoms with Crippen LogP contribution in [0.3, 0.4) is 0 Å². The standard InChI is InChI=1S/C20H23N5O3S/c1-15(2)24-29(27,28)19-9-7-18(8-10-19)20(26)22-11-16-3-5-17(6-4-16)12-25-14-21-13-23-25/h3-10,13-15,24H,11-12H2,1-2H3,(H,22,26). The molecule has 152 valence electrons. The van der Waals surface area contributed by atoms with Crippen molar-refractivity contribution in [2.75, 3.05) is 0 Å². The molecule has 8 nitrogen and oxygen atoms in total. The van der Waals surface area contributed by atoms with Gasteiger partial charge in [-0.05, 0) is 49.2 Å². The molecule has 0 saturated heterocycles. The molecule has 0 saturated carbocycles. The predicted molar refractivity (Wildman–Crippen MR) is 109 cm³/mol. The van der Waals surface area contributed by atoms with E-state index in [1.807, 2.05) is 24.3 Å². The number of hydrogen-bond acceptors (Lipinski definition) is 5. The summed E-state index contributed by atoms with van der Waals surface area (Å²) in [6.45, 7) is 4.51. The monoisotopic (exact) mass is 413 g/mol. The molecule has 3 rings (SSSR count). The second-order valence-corrected chi connectivity index (χ2v) is 8.61. The van der Waals surface area contributed by atoms with Crippen LogP contribution >= 0.6 is 0 Å². The molecule has 29 heavy (non-hydrogen) atoms. The van der Waals surface area contributed by atoms with Gasteiger partial charge in [0.15, 0.2) is 0 Å². The molecule has 0 aliphatic heterocycles. The van der Waals surface area contributed by atoms with Crippen molar-refractivity contribution in [3.8, 4) is 0 Å². The van der Waals surface area contributed by atoms with E-state index in [0.29, 0.717) is 18.7 Å². The van der Waals surface area contributed by atoms with Crippen LogP contribution in [0.2, 0.25) is 0 Å². The summed E-state index contributed by atoms with van der Waals surface area (Å²) in [4.78, 5) is 16.4. The number of nitrogens with one attached hydrogen (secondary N) is 2. The summed E-state index contributed by atoms with van der Waals surface area (Å²) in [6, 6.07) is 13.5. The molecule has 0 unspecified atom stereocenters. The maximum Gasteiger partial charge on any atom is 0.251 e. The minimum absolute atomic E-state index is 0.130. The van der Waals surface area contributed by atoms with E-state index in [1.54, 1.807) is 24.9 Å². The molecule has 1 aromatic heterocycles. The molecule has 0 bridgehead atoms. The van der Waals surface area contributed by atoms with Crippen molar-refractivity contribution in [3.05, 3.63) is 77.9 Å². The highest BCUT2D eigenvalue weighted by Gasteiger charge is 2.16. The molecule has 1 heterocycles. The van der Waals surface area contributed by atoms with Gasteiger partial charge < -0.3 is 5.32 Å². The van der Waals surface area contributed by atoms with Gasteiger partial charge in [0.25, 0.3) is 5.91 Å². The fraction of sp³-hybridized carbons (Fsp3) is 0.250. The fourth-order valence-corrected chi connectivity index (χ4v) is 3.96. The Labute approximate surface area is 170 Å². The molecule has 0 atom stereocenters. The average molecular weight is 414 g/mol. The molecular formula is C20H23N5O3S. The van der Waals surface area contributed by atoms with Crippen molar-refractivity contribution in [3.63, 3.8) is 0 Å². The molecule has 2 N–H and O–H groups in total. The van der Waals surface area contributed by atoms with E-state index in [4.69, 9.17) is 0 Å². The molecule has 3 aromatic rings. The van der Waals surface area contributed by atoms with Crippen LogP contribution in [0.5, 0.6) is 0 Å². The zero-order valence-electron chi connectivity index (χ0n) is 16.2. The Morgan fingerprint density at radius 2 is 1.69 bits per heavy atom. The lowest BCUT2D eigenvalue weighted by Crippen LogP contribution is -2.30. The van der Waals surface area contributed by atoms with Crippen molar-refractivity contribution in [1.29, 1.82) is 0 Å². The summed E-state index contributed by atoms with van der Waals surface area (Å²) >= 11 is 0. The Bertz CT molecular complexity index is 1040. The van der Waals surface area contributed by atoms with Crippen LogP contribution in [0.25, 0.3) is 0 Å². The van der Waals surface area contributed by atoms with Gasteiger partial charge in [0.05, 0.1) is 11.4 Å². The fourth-order valence-electron chi connectivity index (χ4n) is 2.71. The topological polar surface area (TPSA) is 106 Å². The summed E-state index contributed by atoms with van der Waals surface area (Å²) in [5, 5.41) is 6.91. The maximum absolute atomic E-state index is 12.3. The van der Waals surface area contributed by atoms with Gasteiger partial charge in [0, 0.05) is 18.2 Å². The Kier molecular flexibility index (Phi) is 6.40. The lowest BCUT2D eigenvalue weighted by molar-refractivity contribution is 0.0951. The molecule has 0 aliphatic rings. The van der Waals surface area contributed by atoms with E-state index in [-0.39, 0.29) is 16.8 Å². The van der Waals surface area contributed by atoms with Crippen LogP contribution in [-0.2, 0) is 23.1 Å². The third kappa shape index (κ3) is 5.72. The van der Waals surface area contributed by atoms with E-state index in [2.05, 4.69) is 20.1 Å². The summed E-state index contributed by atoms with van der Waals surface area (Å²) in [5.41, 5.74) is 2.44. The van der Waals surface area contributed by atoms with Gasteiger partial charge in [-0.2, -0.15) is 5.10 Å². The number of carbonyl (C=O) groups is 1. The quantitative estimate of drug-likeness (QED) is 0.587. The highest BCUT2D eigenvalue weighted by atomic mass is 32.2. The number of carbonyl (C=O) groups excluding carboxylic acids is 1. The second-order valence-electron chi connectivity index (χ2n) is 6.89. The minimum Gasteiger partial charge on any atom is -0.348 e. The van der Waals surface area contributed by atoms with Gasteiger partial charge in [0.2, 0.25) is 10.0 Å². The SMILES string of the molecule is CC(C)NS(=O)(=O)c1ccc(C(=O)NCc2ccc(Cn3cncn3)cc2)cc1. The molecule has 0 radical (unpaired) electrons. The second kappa shape index (κ2) is 8.97. The van der Waals surface area contributed by atoms with Crippen LogP contribution in [0, 0.1) is 0 Å². The van der Waals surface area contributed by atoms with E-state index in [1.165, 1.54) is 30.6 Å². The van der Waals surface area contributed by atoms with Crippen LogP contribution in [0.15, 0.2) is 66.1 Å². The Balaban J connectivity index is 1.56. The van der Waals surface area contributed by atoms with E-state index in [0.717, 1.165) is 11.1 Å². The third-order valence-electron chi connectivity index (χ3n) is 4.10. The van der Waals surface area contributed by atoms with Crippen molar-refractivity contribution >= 4 is 15.9 Å². The number of aromatic nitrogens is 3. The van der Waals surface area contributed by atoms with Crippen molar-refractivity contribution in [1.82, 2.24) is 24.8 Å². The van der Waals surface area contributed by atoms with Crippen LogP contribution in [-0.4, -0.2) is 35.1 Å². The molecule has 0 fully saturated rings. The van der Waals surface area contributed by atoms with Gasteiger partial charge in [0.1, 0.15) is 12.7 Å². The lowest BCUT2D eigenvalue weighted by Gasteiger charge is -2.10. The molecule has 2 aromatic carbocycles. The van der Waals surface area contributed by atoms with E-state index in [9.17, 15) is 13.2 Å². The van der Waals surface area contributed by atoms with Crippen molar-refractivity contribution in [2.45, 2.75) is 37.9 Å². The summed E-state index contributed by atoms with van der Waals surface area (Å²) in [5.74, 6) is -0.266. The third-order valence-corrected chi connectivity index (χ3v) is 5.78. The predicted octanol–water partition coefficient (Wildman–Crippen LogP) is 1.94. The number of amides is 1. The van der Waals surface area contributed by atoms with Gasteiger partial charge in [-0.3, -0.25) is 4.79 Å². The van der Waals surface area contributed by atoms with Crippen LogP contribution in [0.1, 0.15) is 35.3 Å². The first kappa shape index (κ1) is 20.7.